The van der Waals surface area contributed by atoms with Gasteiger partial charge in [-0.25, -0.2) is 4.79 Å². The maximum atomic E-state index is 12.9. The van der Waals surface area contributed by atoms with Gasteiger partial charge >= 0.3 is 6.09 Å². The van der Waals surface area contributed by atoms with E-state index in [-0.39, 0.29) is 30.0 Å². The standard InChI is InChI=1S/C19H34N2O3.C16H30N2O.C10H19NO/c1-18(2,3)14-9-12-20(13-10-14)16(22)15-8-7-11-21(15)17(23)24-19(4,5)6;1-12(2)14-7-10-17(11-8-14)16(19)15-6-5-9-18(15)13(3)4;1-8(2)10-4-6-11(7-5-10)9(3)12/h14-15H,7-13H2,1-6H3;12-15H,5-11H2,1-4H3;8,10H,4-7H2,1-3H3/t2*15-;/m00./s1. The van der Waals surface area contributed by atoms with Gasteiger partial charge in [-0.3, -0.25) is 24.2 Å². The molecule has 5 aliphatic rings. The molecule has 2 atom stereocenters. The molecule has 55 heavy (non-hydrogen) atoms. The third-order valence-corrected chi connectivity index (χ3v) is 13.2. The number of nitrogens with zero attached hydrogens (tertiary/aromatic N) is 5. The van der Waals surface area contributed by atoms with Crippen molar-refractivity contribution in [3.8, 4) is 0 Å². The van der Waals surface area contributed by atoms with E-state index in [0.29, 0.717) is 29.8 Å². The minimum atomic E-state index is -0.529. The number of hydrogen-bond acceptors (Lipinski definition) is 6. The molecule has 5 aliphatic heterocycles. The van der Waals surface area contributed by atoms with Gasteiger partial charge in [-0.05, 0) is 140 Å². The second-order valence-electron chi connectivity index (χ2n) is 20.3. The van der Waals surface area contributed by atoms with Gasteiger partial charge in [-0.2, -0.15) is 0 Å². The van der Waals surface area contributed by atoms with Crippen LogP contribution in [0, 0.1) is 35.0 Å². The molecule has 0 bridgehead atoms. The van der Waals surface area contributed by atoms with Crippen LogP contribution in [0.4, 0.5) is 4.79 Å². The van der Waals surface area contributed by atoms with Crippen molar-refractivity contribution in [2.24, 2.45) is 35.0 Å². The Balaban J connectivity index is 0.000000234. The molecule has 0 saturated carbocycles. The van der Waals surface area contributed by atoms with E-state index in [1.54, 1.807) is 11.8 Å². The average Bonchev–Trinajstić information content (AvgIpc) is 3.82. The van der Waals surface area contributed by atoms with Crippen LogP contribution >= 0.6 is 0 Å². The Bertz CT molecular complexity index is 1210. The van der Waals surface area contributed by atoms with E-state index >= 15 is 0 Å². The van der Waals surface area contributed by atoms with Crippen molar-refractivity contribution < 1.29 is 23.9 Å². The van der Waals surface area contributed by atoms with Crippen LogP contribution in [0.1, 0.15) is 154 Å². The molecular weight excluding hydrogens is 691 g/mol. The van der Waals surface area contributed by atoms with Gasteiger partial charge in [-0.15, -0.1) is 0 Å². The Morgan fingerprint density at radius 3 is 1.38 bits per heavy atom. The number of likely N-dealkylation sites (tertiary alicyclic amines) is 5. The topological polar surface area (TPSA) is 93.7 Å². The fraction of sp³-hybridized carbons (Fsp3) is 0.911. The fourth-order valence-electron chi connectivity index (χ4n) is 9.29. The molecule has 0 aromatic rings. The third kappa shape index (κ3) is 14.2. The van der Waals surface area contributed by atoms with Crippen LogP contribution in [0.15, 0.2) is 0 Å². The van der Waals surface area contributed by atoms with Crippen molar-refractivity contribution in [2.45, 2.75) is 178 Å². The summed E-state index contributed by atoms with van der Waals surface area (Å²) in [7, 11) is 0. The van der Waals surface area contributed by atoms with Crippen LogP contribution in [-0.2, 0) is 19.1 Å². The van der Waals surface area contributed by atoms with Crippen molar-refractivity contribution in [1.29, 1.82) is 0 Å². The molecule has 0 aliphatic carbocycles. The number of amides is 4. The fourth-order valence-corrected chi connectivity index (χ4v) is 9.29. The Hall–Kier alpha value is -2.36. The Kier molecular flexibility index (Phi) is 17.8. The summed E-state index contributed by atoms with van der Waals surface area (Å²) in [6, 6.07) is 0.311. The summed E-state index contributed by atoms with van der Waals surface area (Å²) in [5.41, 5.74) is -0.233. The molecule has 5 fully saturated rings. The van der Waals surface area contributed by atoms with E-state index in [2.05, 4.69) is 72.1 Å². The molecule has 0 N–H and O–H groups in total. The Labute approximate surface area is 336 Å². The molecule has 0 spiro atoms. The second kappa shape index (κ2) is 20.9. The van der Waals surface area contributed by atoms with E-state index in [1.807, 2.05) is 30.6 Å². The SMILES string of the molecule is CC(=O)N1CCC(C(C)C)CC1.CC(C)(C)OC(=O)N1CCC[C@H]1C(=O)N1CCC(C(C)(C)C)CC1.CC(C)C1CCN(C(=O)[C@@H]2CCCN2C(C)C)CC1. The molecule has 5 rings (SSSR count). The Morgan fingerprint density at radius 1 is 0.545 bits per heavy atom. The van der Waals surface area contributed by atoms with Crippen LogP contribution in [0.3, 0.4) is 0 Å². The molecule has 0 radical (unpaired) electrons. The molecule has 10 heteroatoms. The number of carbonyl (C=O) groups is 4. The van der Waals surface area contributed by atoms with Gasteiger partial charge < -0.3 is 19.4 Å². The van der Waals surface area contributed by atoms with Crippen molar-refractivity contribution in [2.75, 3.05) is 52.4 Å². The lowest BCUT2D eigenvalue weighted by Gasteiger charge is -2.40. The lowest BCUT2D eigenvalue weighted by Crippen LogP contribution is -2.51. The summed E-state index contributed by atoms with van der Waals surface area (Å²) < 4.78 is 5.47. The van der Waals surface area contributed by atoms with Crippen LogP contribution < -0.4 is 0 Å². The van der Waals surface area contributed by atoms with Gasteiger partial charge in [-0.1, -0.05) is 48.5 Å². The van der Waals surface area contributed by atoms with Crippen LogP contribution in [0.2, 0.25) is 0 Å². The maximum absolute atomic E-state index is 12.9. The van der Waals surface area contributed by atoms with E-state index in [9.17, 15) is 19.2 Å². The molecule has 4 amide bonds. The van der Waals surface area contributed by atoms with E-state index in [4.69, 9.17) is 4.74 Å². The van der Waals surface area contributed by atoms with Gasteiger partial charge in [0.15, 0.2) is 0 Å². The highest BCUT2D eigenvalue weighted by Gasteiger charge is 2.41. The van der Waals surface area contributed by atoms with Gasteiger partial charge in [0.2, 0.25) is 17.7 Å². The zero-order valence-electron chi connectivity index (χ0n) is 37.6. The first-order valence-electron chi connectivity index (χ1n) is 22.2. The number of hydrogen-bond donors (Lipinski definition) is 0. The Morgan fingerprint density at radius 2 is 0.964 bits per heavy atom. The van der Waals surface area contributed by atoms with Crippen molar-refractivity contribution in [3.05, 3.63) is 0 Å². The van der Waals surface area contributed by atoms with Gasteiger partial charge in [0.1, 0.15) is 11.6 Å². The molecule has 5 heterocycles. The summed E-state index contributed by atoms with van der Waals surface area (Å²) in [5.74, 6) is 4.58. The largest absolute Gasteiger partial charge is 0.444 e. The number of carbonyl (C=O) groups excluding carboxylic acids is 4. The molecule has 318 valence electrons. The maximum Gasteiger partial charge on any atom is 0.410 e. The number of rotatable bonds is 5. The summed E-state index contributed by atoms with van der Waals surface area (Å²) >= 11 is 0. The summed E-state index contributed by atoms with van der Waals surface area (Å²) in [6.07, 6.45) is 10.4. The van der Waals surface area contributed by atoms with Crippen molar-refractivity contribution in [1.82, 2.24) is 24.5 Å². The summed E-state index contributed by atoms with van der Waals surface area (Å²) in [4.78, 5) is 59.0. The zero-order chi connectivity index (χ0) is 41.2. The predicted octanol–water partition coefficient (Wildman–Crippen LogP) is 8.33. The highest BCUT2D eigenvalue weighted by atomic mass is 16.6. The minimum absolute atomic E-state index is 0.103. The minimum Gasteiger partial charge on any atom is -0.444 e. The average molecular weight is 774 g/mol. The first-order chi connectivity index (χ1) is 25.6. The summed E-state index contributed by atoms with van der Waals surface area (Å²) in [5, 5.41) is 0. The molecule has 5 saturated heterocycles. The van der Waals surface area contributed by atoms with Gasteiger partial charge in [0.05, 0.1) is 6.04 Å². The highest BCUT2D eigenvalue weighted by molar-refractivity contribution is 5.86. The quantitative estimate of drug-likeness (QED) is 0.279. The number of ether oxygens (including phenoxy) is 1. The van der Waals surface area contributed by atoms with Crippen LogP contribution in [0.5, 0.6) is 0 Å². The van der Waals surface area contributed by atoms with E-state index in [1.165, 1.54) is 32.1 Å². The van der Waals surface area contributed by atoms with Gasteiger partial charge in [0, 0.05) is 58.8 Å². The molecule has 0 aromatic heterocycles. The second-order valence-corrected chi connectivity index (χ2v) is 20.3. The first kappa shape index (κ1) is 47.0. The zero-order valence-corrected chi connectivity index (χ0v) is 37.6. The van der Waals surface area contributed by atoms with Crippen LogP contribution in [0.25, 0.3) is 0 Å². The molecule has 0 unspecified atom stereocenters. The molecular formula is C45H83N5O5. The van der Waals surface area contributed by atoms with Gasteiger partial charge in [0.25, 0.3) is 0 Å². The predicted molar refractivity (Wildman–Crippen MR) is 224 cm³/mol. The monoisotopic (exact) mass is 774 g/mol. The lowest BCUT2D eigenvalue weighted by atomic mass is 9.75. The van der Waals surface area contributed by atoms with E-state index in [0.717, 1.165) is 102 Å². The third-order valence-electron chi connectivity index (χ3n) is 13.2. The van der Waals surface area contributed by atoms with E-state index < -0.39 is 5.60 Å². The molecule has 0 aromatic carbocycles. The van der Waals surface area contributed by atoms with Crippen LogP contribution in [-0.4, -0.2) is 124 Å². The van der Waals surface area contributed by atoms with Crippen molar-refractivity contribution >= 4 is 23.8 Å². The normalized spacial score (nSPS) is 23.9. The number of piperidine rings is 3. The first-order valence-corrected chi connectivity index (χ1v) is 22.2. The smallest absolute Gasteiger partial charge is 0.410 e. The lowest BCUT2D eigenvalue weighted by molar-refractivity contribution is -0.138. The van der Waals surface area contributed by atoms with Crippen molar-refractivity contribution in [3.63, 3.8) is 0 Å². The summed E-state index contributed by atoms with van der Waals surface area (Å²) in [6.45, 7) is 34.8. The highest BCUT2D eigenvalue weighted by Crippen LogP contribution is 2.35. The molecule has 10 nitrogen and oxygen atoms in total.